The molecule has 0 radical (unpaired) electrons. The van der Waals surface area contributed by atoms with Gasteiger partial charge in [-0.15, -0.1) is 0 Å². The second-order valence-corrected chi connectivity index (χ2v) is 11.1. The normalized spacial score (nSPS) is 14.1. The number of fused-ring (bicyclic) bond motifs is 1. The highest BCUT2D eigenvalue weighted by Crippen LogP contribution is 2.36. The van der Waals surface area contributed by atoms with Crippen LogP contribution in [0.1, 0.15) is 45.2 Å². The molecule has 0 aliphatic carbocycles. The maximum absolute atomic E-state index is 13.7. The van der Waals surface area contributed by atoms with Gasteiger partial charge in [0.15, 0.2) is 11.5 Å². The van der Waals surface area contributed by atoms with Crippen molar-refractivity contribution < 1.29 is 27.5 Å². The van der Waals surface area contributed by atoms with E-state index in [1.807, 2.05) is 45.0 Å². The van der Waals surface area contributed by atoms with Crippen LogP contribution in [-0.2, 0) is 26.2 Å². The third-order valence-corrected chi connectivity index (χ3v) is 8.13. The molecule has 36 heavy (non-hydrogen) atoms. The lowest BCUT2D eigenvalue weighted by atomic mass is 10.1. The Hall–Kier alpha value is -3.27. The zero-order valence-electron chi connectivity index (χ0n) is 21.5. The summed E-state index contributed by atoms with van der Waals surface area (Å²) in [6.07, 6.45) is 0.747. The predicted octanol–water partition coefficient (Wildman–Crippen LogP) is 3.21. The first kappa shape index (κ1) is 27.3. The van der Waals surface area contributed by atoms with Crippen LogP contribution in [0.5, 0.6) is 11.5 Å². The summed E-state index contributed by atoms with van der Waals surface area (Å²) in [5, 5.41) is 2.92. The van der Waals surface area contributed by atoms with Gasteiger partial charge in [0.1, 0.15) is 12.6 Å². The van der Waals surface area contributed by atoms with Crippen molar-refractivity contribution in [2.45, 2.75) is 59.7 Å². The zero-order valence-corrected chi connectivity index (χ0v) is 22.3. The summed E-state index contributed by atoms with van der Waals surface area (Å²) in [6, 6.07) is 11.5. The van der Waals surface area contributed by atoms with E-state index in [2.05, 4.69) is 5.32 Å². The van der Waals surface area contributed by atoms with E-state index in [9.17, 15) is 18.0 Å². The molecule has 196 valence electrons. The van der Waals surface area contributed by atoms with E-state index in [-0.39, 0.29) is 31.0 Å². The minimum Gasteiger partial charge on any atom is -0.454 e. The molecule has 0 bridgehead atoms. The number of carbonyl (C=O) groups excluding carboxylic acids is 2. The van der Waals surface area contributed by atoms with E-state index in [0.717, 1.165) is 21.9 Å². The highest BCUT2D eigenvalue weighted by Gasteiger charge is 2.32. The Labute approximate surface area is 213 Å². The van der Waals surface area contributed by atoms with Gasteiger partial charge in [0.25, 0.3) is 0 Å². The molecule has 1 N–H and O–H groups in total. The number of benzene rings is 2. The van der Waals surface area contributed by atoms with Gasteiger partial charge in [-0.3, -0.25) is 13.9 Å². The van der Waals surface area contributed by atoms with E-state index in [1.165, 1.54) is 11.8 Å². The maximum atomic E-state index is 13.7. The van der Waals surface area contributed by atoms with Crippen molar-refractivity contribution in [3.8, 4) is 11.5 Å². The Bertz CT molecular complexity index is 1200. The van der Waals surface area contributed by atoms with Crippen molar-refractivity contribution in [1.82, 2.24) is 10.2 Å². The van der Waals surface area contributed by atoms with Crippen molar-refractivity contribution in [2.24, 2.45) is 0 Å². The van der Waals surface area contributed by atoms with Crippen LogP contribution in [0.2, 0.25) is 0 Å². The van der Waals surface area contributed by atoms with E-state index < -0.39 is 28.5 Å². The Balaban J connectivity index is 1.95. The Kier molecular flexibility index (Phi) is 8.84. The third kappa shape index (κ3) is 6.29. The standard InChI is InChI=1S/C26H35N3O6S/c1-6-19(4)27-26(31)20(5)28(15-21-11-9-8-10-18(21)3)25(30)16-29(36(32,33)7-2)22-12-13-23-24(14-22)35-17-34-23/h8-14,19-20H,6-7,15-17H2,1-5H3,(H,27,31)/t19-,20+/m0/s1. The minimum absolute atomic E-state index is 0.0469. The zero-order chi connectivity index (χ0) is 26.5. The van der Waals surface area contributed by atoms with Crippen molar-refractivity contribution in [2.75, 3.05) is 23.4 Å². The fraction of sp³-hybridized carbons (Fsp3) is 0.462. The fourth-order valence-corrected chi connectivity index (χ4v) is 4.83. The van der Waals surface area contributed by atoms with Crippen LogP contribution < -0.4 is 19.1 Å². The molecule has 2 aromatic rings. The molecule has 0 saturated heterocycles. The molecule has 2 amide bonds. The molecule has 1 aliphatic heterocycles. The van der Waals surface area contributed by atoms with Crippen LogP contribution in [0.3, 0.4) is 0 Å². The van der Waals surface area contributed by atoms with Gasteiger partial charge in [-0.1, -0.05) is 31.2 Å². The van der Waals surface area contributed by atoms with Gasteiger partial charge in [-0.25, -0.2) is 8.42 Å². The number of aryl methyl sites for hydroxylation is 1. The molecule has 0 saturated carbocycles. The summed E-state index contributed by atoms with van der Waals surface area (Å²) in [6.45, 7) is 8.73. The molecular formula is C26H35N3O6S. The SMILES string of the molecule is CC[C@H](C)NC(=O)[C@@H](C)N(Cc1ccccc1C)C(=O)CN(c1ccc2c(c1)OCO2)S(=O)(=O)CC. The van der Waals surface area contributed by atoms with E-state index in [0.29, 0.717) is 17.2 Å². The van der Waals surface area contributed by atoms with Crippen molar-refractivity contribution in [3.63, 3.8) is 0 Å². The van der Waals surface area contributed by atoms with Crippen LogP contribution in [0.15, 0.2) is 42.5 Å². The first-order valence-corrected chi connectivity index (χ1v) is 13.7. The van der Waals surface area contributed by atoms with Gasteiger partial charge in [0.2, 0.25) is 28.6 Å². The third-order valence-electron chi connectivity index (χ3n) is 6.39. The molecule has 10 heteroatoms. The Morgan fingerprint density at radius 2 is 1.75 bits per heavy atom. The summed E-state index contributed by atoms with van der Waals surface area (Å²) in [7, 11) is -3.82. The molecule has 0 aromatic heterocycles. The summed E-state index contributed by atoms with van der Waals surface area (Å²) < 4.78 is 37.9. The van der Waals surface area contributed by atoms with Crippen molar-refractivity contribution >= 4 is 27.5 Å². The van der Waals surface area contributed by atoms with Crippen LogP contribution in [0.25, 0.3) is 0 Å². The maximum Gasteiger partial charge on any atom is 0.244 e. The van der Waals surface area contributed by atoms with Crippen LogP contribution in [-0.4, -0.2) is 56.3 Å². The van der Waals surface area contributed by atoms with Crippen LogP contribution in [0.4, 0.5) is 5.69 Å². The molecular weight excluding hydrogens is 482 g/mol. The highest BCUT2D eigenvalue weighted by atomic mass is 32.2. The van der Waals surface area contributed by atoms with Gasteiger partial charge >= 0.3 is 0 Å². The quantitative estimate of drug-likeness (QED) is 0.491. The van der Waals surface area contributed by atoms with Gasteiger partial charge < -0.3 is 19.7 Å². The summed E-state index contributed by atoms with van der Waals surface area (Å²) in [4.78, 5) is 28.2. The minimum atomic E-state index is -3.82. The molecule has 0 unspecified atom stereocenters. The lowest BCUT2D eigenvalue weighted by Crippen LogP contribution is -2.52. The van der Waals surface area contributed by atoms with E-state index >= 15 is 0 Å². The van der Waals surface area contributed by atoms with Gasteiger partial charge in [-0.2, -0.15) is 0 Å². The van der Waals surface area contributed by atoms with Gasteiger partial charge in [0.05, 0.1) is 11.4 Å². The number of ether oxygens (including phenoxy) is 2. The second-order valence-electron chi connectivity index (χ2n) is 8.89. The number of sulfonamides is 1. The number of amides is 2. The summed E-state index contributed by atoms with van der Waals surface area (Å²) in [5.74, 6) is -0.0555. The smallest absolute Gasteiger partial charge is 0.244 e. The number of hydrogen-bond donors (Lipinski definition) is 1. The molecule has 1 aliphatic rings. The van der Waals surface area contributed by atoms with Gasteiger partial charge in [0, 0.05) is 18.7 Å². The number of rotatable bonds is 11. The monoisotopic (exact) mass is 517 g/mol. The van der Waals surface area contributed by atoms with Crippen LogP contribution in [0, 0.1) is 6.92 Å². The average Bonchev–Trinajstić information content (AvgIpc) is 3.34. The largest absolute Gasteiger partial charge is 0.454 e. The topological polar surface area (TPSA) is 105 Å². The number of nitrogens with one attached hydrogen (secondary N) is 1. The molecule has 1 heterocycles. The lowest BCUT2D eigenvalue weighted by molar-refractivity contribution is -0.139. The molecule has 9 nitrogen and oxygen atoms in total. The fourth-order valence-electron chi connectivity index (χ4n) is 3.78. The number of carbonyl (C=O) groups is 2. The first-order chi connectivity index (χ1) is 17.1. The van der Waals surface area contributed by atoms with E-state index in [4.69, 9.17) is 9.47 Å². The number of anilines is 1. The van der Waals surface area contributed by atoms with Crippen LogP contribution >= 0.6 is 0 Å². The second kappa shape index (κ2) is 11.6. The molecule has 0 spiro atoms. The lowest BCUT2D eigenvalue weighted by Gasteiger charge is -2.32. The van der Waals surface area contributed by atoms with Crippen molar-refractivity contribution in [1.29, 1.82) is 0 Å². The average molecular weight is 518 g/mol. The highest BCUT2D eigenvalue weighted by molar-refractivity contribution is 7.92. The Morgan fingerprint density at radius 3 is 2.42 bits per heavy atom. The molecule has 2 aromatic carbocycles. The number of nitrogens with zero attached hydrogens (tertiary/aromatic N) is 2. The van der Waals surface area contributed by atoms with Crippen molar-refractivity contribution in [3.05, 3.63) is 53.6 Å². The summed E-state index contributed by atoms with van der Waals surface area (Å²) >= 11 is 0. The summed E-state index contributed by atoms with van der Waals surface area (Å²) in [5.41, 5.74) is 2.14. The molecule has 0 fully saturated rings. The van der Waals surface area contributed by atoms with Gasteiger partial charge in [-0.05, 0) is 57.4 Å². The van der Waals surface area contributed by atoms with E-state index in [1.54, 1.807) is 25.1 Å². The Morgan fingerprint density at radius 1 is 1.06 bits per heavy atom. The number of hydrogen-bond acceptors (Lipinski definition) is 6. The predicted molar refractivity (Wildman–Crippen MR) is 138 cm³/mol. The molecule has 2 atom stereocenters. The molecule has 3 rings (SSSR count). The first-order valence-electron chi connectivity index (χ1n) is 12.1.